The van der Waals surface area contributed by atoms with E-state index in [4.69, 9.17) is 10.3 Å². The maximum Gasteiger partial charge on any atom is 0.137 e. The zero-order valence-corrected chi connectivity index (χ0v) is 10.1. The van der Waals surface area contributed by atoms with Crippen LogP contribution in [-0.4, -0.2) is 0 Å². The van der Waals surface area contributed by atoms with Gasteiger partial charge in [0.2, 0.25) is 0 Å². The summed E-state index contributed by atoms with van der Waals surface area (Å²) < 4.78 is 5.97. The Morgan fingerprint density at radius 2 is 2.24 bits per heavy atom. The first-order chi connectivity index (χ1) is 8.29. The van der Waals surface area contributed by atoms with Crippen molar-refractivity contribution in [1.82, 2.24) is 5.43 Å². The van der Waals surface area contributed by atoms with Crippen molar-refractivity contribution in [3.8, 4) is 0 Å². The molecule has 1 aliphatic rings. The van der Waals surface area contributed by atoms with Crippen molar-refractivity contribution < 1.29 is 4.42 Å². The third-order valence-electron chi connectivity index (χ3n) is 3.87. The van der Waals surface area contributed by atoms with Gasteiger partial charge in [-0.25, -0.2) is 5.43 Å². The Balaban J connectivity index is 2.01. The van der Waals surface area contributed by atoms with Crippen molar-refractivity contribution in [2.45, 2.75) is 32.2 Å². The highest BCUT2D eigenvalue weighted by atomic mass is 16.3. The predicted octanol–water partition coefficient (Wildman–Crippen LogP) is 3.05. The summed E-state index contributed by atoms with van der Waals surface area (Å²) in [5.41, 5.74) is 5.07. The van der Waals surface area contributed by atoms with Gasteiger partial charge in [-0.1, -0.05) is 24.6 Å². The zero-order chi connectivity index (χ0) is 11.8. The zero-order valence-electron chi connectivity index (χ0n) is 10.1. The van der Waals surface area contributed by atoms with Crippen molar-refractivity contribution in [1.29, 1.82) is 0 Å². The van der Waals surface area contributed by atoms with Crippen molar-refractivity contribution in [3.05, 3.63) is 35.6 Å². The molecule has 1 unspecified atom stereocenters. The lowest BCUT2D eigenvalue weighted by molar-refractivity contribution is 0.211. The second-order valence-corrected chi connectivity index (χ2v) is 4.98. The van der Waals surface area contributed by atoms with E-state index in [0.29, 0.717) is 5.92 Å². The van der Waals surface area contributed by atoms with Gasteiger partial charge in [0.05, 0.1) is 6.04 Å². The first kappa shape index (κ1) is 10.8. The molecule has 0 bridgehead atoms. The average molecular weight is 230 g/mol. The first-order valence-corrected chi connectivity index (χ1v) is 6.25. The molecule has 3 N–H and O–H groups in total. The molecule has 90 valence electrons. The fraction of sp³-hybridized carbons (Fsp3) is 0.429. The van der Waals surface area contributed by atoms with Crippen LogP contribution in [0.15, 0.2) is 28.7 Å². The van der Waals surface area contributed by atoms with Crippen LogP contribution in [0.1, 0.15) is 36.6 Å². The standard InChI is InChI=1S/C14H18N2O/c1-9-4-2-7-11-8-12(17-14(9)11)13(16-15)10-5-3-6-10/h2,4,7-8,10,13,16H,3,5-6,15H2,1H3. The molecular weight excluding hydrogens is 212 g/mol. The second kappa shape index (κ2) is 4.17. The van der Waals surface area contributed by atoms with Crippen LogP contribution in [0.4, 0.5) is 0 Å². The molecule has 1 aliphatic carbocycles. The molecule has 1 saturated carbocycles. The molecule has 1 atom stereocenters. The highest BCUT2D eigenvalue weighted by molar-refractivity contribution is 5.81. The molecule has 3 heteroatoms. The molecule has 17 heavy (non-hydrogen) atoms. The molecule has 0 spiro atoms. The maximum absolute atomic E-state index is 5.97. The molecule has 3 nitrogen and oxygen atoms in total. The molecule has 2 aromatic rings. The lowest BCUT2D eigenvalue weighted by Crippen LogP contribution is -2.36. The van der Waals surface area contributed by atoms with Crippen LogP contribution in [0.5, 0.6) is 0 Å². The van der Waals surface area contributed by atoms with Gasteiger partial charge in [0.1, 0.15) is 11.3 Å². The molecule has 0 aliphatic heterocycles. The minimum absolute atomic E-state index is 0.163. The Hall–Kier alpha value is -1.32. The van der Waals surface area contributed by atoms with Crippen molar-refractivity contribution in [2.24, 2.45) is 11.8 Å². The van der Waals surface area contributed by atoms with E-state index in [9.17, 15) is 0 Å². The van der Waals surface area contributed by atoms with Crippen LogP contribution in [-0.2, 0) is 0 Å². The van der Waals surface area contributed by atoms with Gasteiger partial charge in [0, 0.05) is 5.39 Å². The number of nitrogens with one attached hydrogen (secondary N) is 1. The third kappa shape index (κ3) is 1.75. The van der Waals surface area contributed by atoms with Crippen LogP contribution in [0.2, 0.25) is 0 Å². The quantitative estimate of drug-likeness (QED) is 0.629. The number of nitrogens with two attached hydrogens (primary N) is 1. The van der Waals surface area contributed by atoms with Gasteiger partial charge in [-0.2, -0.15) is 0 Å². The predicted molar refractivity (Wildman–Crippen MR) is 68.4 cm³/mol. The van der Waals surface area contributed by atoms with Gasteiger partial charge >= 0.3 is 0 Å². The summed E-state index contributed by atoms with van der Waals surface area (Å²) in [5, 5.41) is 1.17. The molecular formula is C14H18N2O. The Labute approximate surface area is 101 Å². The summed E-state index contributed by atoms with van der Waals surface area (Å²) in [6.45, 7) is 2.07. The van der Waals surface area contributed by atoms with Gasteiger partial charge in [-0.15, -0.1) is 0 Å². The van der Waals surface area contributed by atoms with E-state index in [1.807, 2.05) is 0 Å². The molecule has 0 saturated heterocycles. The highest BCUT2D eigenvalue weighted by Gasteiger charge is 2.30. The summed E-state index contributed by atoms with van der Waals surface area (Å²) in [6.07, 6.45) is 3.79. The number of para-hydroxylation sites is 1. The molecule has 1 heterocycles. The smallest absolute Gasteiger partial charge is 0.137 e. The van der Waals surface area contributed by atoms with Crippen LogP contribution < -0.4 is 11.3 Å². The Morgan fingerprint density at radius 1 is 1.41 bits per heavy atom. The summed E-state index contributed by atoms with van der Waals surface area (Å²) >= 11 is 0. The maximum atomic E-state index is 5.97. The van der Waals surface area contributed by atoms with Gasteiger partial charge in [-0.3, -0.25) is 5.84 Å². The molecule has 3 rings (SSSR count). The van der Waals surface area contributed by atoms with Crippen LogP contribution in [0.3, 0.4) is 0 Å². The topological polar surface area (TPSA) is 51.2 Å². The average Bonchev–Trinajstić information content (AvgIpc) is 2.68. The van der Waals surface area contributed by atoms with E-state index in [0.717, 1.165) is 11.3 Å². The Bertz CT molecular complexity index is 528. The molecule has 0 amide bonds. The Morgan fingerprint density at radius 3 is 2.82 bits per heavy atom. The van der Waals surface area contributed by atoms with Crippen LogP contribution in [0.25, 0.3) is 11.0 Å². The summed E-state index contributed by atoms with van der Waals surface area (Å²) in [6, 6.07) is 8.50. The molecule has 1 aromatic heterocycles. The van der Waals surface area contributed by atoms with E-state index in [2.05, 4.69) is 36.6 Å². The fourth-order valence-corrected chi connectivity index (χ4v) is 2.61. The van der Waals surface area contributed by atoms with Crippen LogP contribution in [0, 0.1) is 12.8 Å². The Kier molecular flexibility index (Phi) is 2.65. The number of fused-ring (bicyclic) bond motifs is 1. The lowest BCUT2D eigenvalue weighted by atomic mass is 9.79. The van der Waals surface area contributed by atoms with Gasteiger partial charge in [0.15, 0.2) is 0 Å². The summed E-state index contributed by atoms with van der Waals surface area (Å²) in [4.78, 5) is 0. The summed E-state index contributed by atoms with van der Waals surface area (Å²) in [7, 11) is 0. The minimum Gasteiger partial charge on any atom is -0.459 e. The fourth-order valence-electron chi connectivity index (χ4n) is 2.61. The monoisotopic (exact) mass is 230 g/mol. The number of hydrogen-bond acceptors (Lipinski definition) is 3. The number of hydrazine groups is 1. The van der Waals surface area contributed by atoms with Gasteiger partial charge < -0.3 is 4.42 Å². The van der Waals surface area contributed by atoms with Gasteiger partial charge in [-0.05, 0) is 37.3 Å². The largest absolute Gasteiger partial charge is 0.459 e. The number of furan rings is 1. The number of hydrogen-bond donors (Lipinski definition) is 2. The normalized spacial score (nSPS) is 18.2. The number of rotatable bonds is 3. The minimum atomic E-state index is 0.163. The highest BCUT2D eigenvalue weighted by Crippen LogP contribution is 2.39. The van der Waals surface area contributed by atoms with Crippen molar-refractivity contribution >= 4 is 11.0 Å². The van der Waals surface area contributed by atoms with Crippen molar-refractivity contribution in [2.75, 3.05) is 0 Å². The number of benzene rings is 1. The second-order valence-electron chi connectivity index (χ2n) is 4.98. The SMILES string of the molecule is Cc1cccc2cc(C(NN)C3CCC3)oc12. The van der Waals surface area contributed by atoms with E-state index >= 15 is 0 Å². The lowest BCUT2D eigenvalue weighted by Gasteiger charge is -2.31. The van der Waals surface area contributed by atoms with E-state index < -0.39 is 0 Å². The molecule has 0 radical (unpaired) electrons. The van der Waals surface area contributed by atoms with E-state index in [-0.39, 0.29) is 6.04 Å². The van der Waals surface area contributed by atoms with Crippen LogP contribution >= 0.6 is 0 Å². The summed E-state index contributed by atoms with van der Waals surface area (Å²) in [5.74, 6) is 7.26. The molecule has 1 fully saturated rings. The molecule has 1 aromatic carbocycles. The number of aryl methyl sites for hydroxylation is 1. The van der Waals surface area contributed by atoms with E-state index in [1.165, 1.54) is 30.2 Å². The third-order valence-corrected chi connectivity index (χ3v) is 3.87. The van der Waals surface area contributed by atoms with E-state index in [1.54, 1.807) is 0 Å². The van der Waals surface area contributed by atoms with Gasteiger partial charge in [0.25, 0.3) is 0 Å². The first-order valence-electron chi connectivity index (χ1n) is 6.25. The van der Waals surface area contributed by atoms with Crippen molar-refractivity contribution in [3.63, 3.8) is 0 Å².